The van der Waals surface area contributed by atoms with Crippen molar-refractivity contribution in [2.45, 2.75) is 50.5 Å². The summed E-state index contributed by atoms with van der Waals surface area (Å²) in [7, 11) is -3.27. The summed E-state index contributed by atoms with van der Waals surface area (Å²) in [5, 5.41) is 0. The molecule has 0 N–H and O–H groups in total. The molecule has 0 unspecified atom stereocenters. The second kappa shape index (κ2) is 9.88. The van der Waals surface area contributed by atoms with Crippen LogP contribution in [0.25, 0.3) is 0 Å². The third-order valence-corrected chi connectivity index (χ3v) is 8.63. The summed E-state index contributed by atoms with van der Waals surface area (Å²) in [5.41, 5.74) is 2.02. The fourth-order valence-electron chi connectivity index (χ4n) is 5.42. The zero-order valence-corrected chi connectivity index (χ0v) is 20.8. The van der Waals surface area contributed by atoms with Gasteiger partial charge in [-0.1, -0.05) is 50.2 Å². The van der Waals surface area contributed by atoms with Gasteiger partial charge >= 0.3 is 0 Å². The SMILES string of the molecule is CC(C)C1CCC(C(=O)N2CCN(c3cccc(S(C)(=O)=O)c3)C[C@@H]2c2ccccc2)CC1. The lowest BCUT2D eigenvalue weighted by molar-refractivity contribution is -0.140. The lowest BCUT2D eigenvalue weighted by atomic mass is 9.76. The Morgan fingerprint density at radius 3 is 2.27 bits per heavy atom. The van der Waals surface area contributed by atoms with Crippen molar-refractivity contribution in [1.29, 1.82) is 0 Å². The number of rotatable bonds is 5. The van der Waals surface area contributed by atoms with Gasteiger partial charge in [-0.15, -0.1) is 0 Å². The topological polar surface area (TPSA) is 57.7 Å². The van der Waals surface area contributed by atoms with Crippen LogP contribution in [0.1, 0.15) is 51.1 Å². The van der Waals surface area contributed by atoms with Crippen LogP contribution in [-0.4, -0.2) is 45.1 Å². The Morgan fingerprint density at radius 2 is 1.64 bits per heavy atom. The Labute approximate surface area is 198 Å². The summed E-state index contributed by atoms with van der Waals surface area (Å²) >= 11 is 0. The average molecular weight is 469 g/mol. The van der Waals surface area contributed by atoms with E-state index in [9.17, 15) is 13.2 Å². The minimum Gasteiger partial charge on any atom is -0.367 e. The van der Waals surface area contributed by atoms with Gasteiger partial charge in [-0.2, -0.15) is 0 Å². The highest BCUT2D eigenvalue weighted by Crippen LogP contribution is 2.37. The highest BCUT2D eigenvalue weighted by Gasteiger charge is 2.37. The molecule has 0 spiro atoms. The van der Waals surface area contributed by atoms with Crippen molar-refractivity contribution in [3.05, 3.63) is 60.2 Å². The number of amides is 1. The lowest BCUT2D eigenvalue weighted by Crippen LogP contribution is -2.52. The maximum absolute atomic E-state index is 13.7. The second-order valence-corrected chi connectivity index (χ2v) is 12.0. The average Bonchev–Trinajstić information content (AvgIpc) is 2.83. The van der Waals surface area contributed by atoms with E-state index < -0.39 is 9.84 Å². The van der Waals surface area contributed by atoms with E-state index in [1.165, 1.54) is 6.26 Å². The Hall–Kier alpha value is -2.34. The van der Waals surface area contributed by atoms with Crippen molar-refractivity contribution < 1.29 is 13.2 Å². The molecule has 1 amide bonds. The van der Waals surface area contributed by atoms with E-state index in [4.69, 9.17) is 0 Å². The van der Waals surface area contributed by atoms with Gasteiger partial charge < -0.3 is 9.80 Å². The molecule has 178 valence electrons. The number of carbonyl (C=O) groups is 1. The van der Waals surface area contributed by atoms with Crippen LogP contribution in [0.3, 0.4) is 0 Å². The number of piperazine rings is 1. The minimum atomic E-state index is -3.27. The van der Waals surface area contributed by atoms with E-state index in [1.807, 2.05) is 24.3 Å². The predicted molar refractivity (Wildman–Crippen MR) is 133 cm³/mol. The first-order chi connectivity index (χ1) is 15.7. The van der Waals surface area contributed by atoms with Crippen molar-refractivity contribution in [3.8, 4) is 0 Å². The van der Waals surface area contributed by atoms with Crippen molar-refractivity contribution in [2.75, 3.05) is 30.8 Å². The van der Waals surface area contributed by atoms with Crippen LogP contribution in [0.5, 0.6) is 0 Å². The monoisotopic (exact) mass is 468 g/mol. The van der Waals surface area contributed by atoms with Crippen molar-refractivity contribution in [1.82, 2.24) is 4.90 Å². The predicted octanol–water partition coefficient (Wildman–Crippen LogP) is 4.94. The van der Waals surface area contributed by atoms with Gasteiger partial charge in [0.05, 0.1) is 10.9 Å². The van der Waals surface area contributed by atoms with E-state index in [-0.39, 0.29) is 17.9 Å². The molecule has 6 heteroatoms. The van der Waals surface area contributed by atoms with Crippen LogP contribution >= 0.6 is 0 Å². The molecule has 0 bridgehead atoms. The maximum Gasteiger partial charge on any atom is 0.226 e. The molecule has 1 saturated carbocycles. The molecule has 2 aliphatic rings. The van der Waals surface area contributed by atoms with Crippen LogP contribution in [0.2, 0.25) is 0 Å². The van der Waals surface area contributed by atoms with Gasteiger partial charge in [-0.3, -0.25) is 4.79 Å². The number of nitrogens with zero attached hydrogens (tertiary/aromatic N) is 2. The van der Waals surface area contributed by atoms with Crippen LogP contribution in [0, 0.1) is 17.8 Å². The van der Waals surface area contributed by atoms with Gasteiger partial charge in [0, 0.05) is 37.5 Å². The van der Waals surface area contributed by atoms with Crippen molar-refractivity contribution in [2.24, 2.45) is 17.8 Å². The van der Waals surface area contributed by atoms with E-state index in [1.54, 1.807) is 18.2 Å². The molecule has 33 heavy (non-hydrogen) atoms. The summed E-state index contributed by atoms with van der Waals surface area (Å²) in [4.78, 5) is 18.3. The van der Waals surface area contributed by atoms with E-state index >= 15 is 0 Å². The van der Waals surface area contributed by atoms with Gasteiger partial charge in [0.2, 0.25) is 5.91 Å². The van der Waals surface area contributed by atoms with Crippen molar-refractivity contribution >= 4 is 21.4 Å². The molecule has 2 aromatic rings. The molecule has 5 nitrogen and oxygen atoms in total. The molecule has 0 aromatic heterocycles. The normalized spacial score (nSPS) is 24.2. The first-order valence-electron chi connectivity index (χ1n) is 12.1. The van der Waals surface area contributed by atoms with E-state index in [0.717, 1.165) is 42.9 Å². The second-order valence-electron chi connectivity index (χ2n) is 10.0. The Balaban J connectivity index is 1.56. The quantitative estimate of drug-likeness (QED) is 0.624. The Kier molecular flexibility index (Phi) is 7.13. The third-order valence-electron chi connectivity index (χ3n) is 7.52. The fourth-order valence-corrected chi connectivity index (χ4v) is 6.08. The molecule has 1 atom stereocenters. The van der Waals surface area contributed by atoms with Gasteiger partial charge in [-0.25, -0.2) is 8.42 Å². The zero-order chi connectivity index (χ0) is 23.6. The summed E-state index contributed by atoms with van der Waals surface area (Å²) < 4.78 is 24.1. The molecular formula is C27H36N2O3S. The smallest absolute Gasteiger partial charge is 0.226 e. The van der Waals surface area contributed by atoms with Gasteiger partial charge in [0.15, 0.2) is 9.84 Å². The van der Waals surface area contributed by atoms with Gasteiger partial charge in [0.25, 0.3) is 0 Å². The summed E-state index contributed by atoms with van der Waals surface area (Å²) in [5.74, 6) is 1.82. The summed E-state index contributed by atoms with van der Waals surface area (Å²) in [6, 6.07) is 17.3. The molecule has 2 fully saturated rings. The highest BCUT2D eigenvalue weighted by molar-refractivity contribution is 7.90. The molecule has 1 aliphatic heterocycles. The minimum absolute atomic E-state index is 0.0443. The number of carbonyl (C=O) groups excluding carboxylic acids is 1. The molecule has 4 rings (SSSR count). The van der Waals surface area contributed by atoms with Crippen LogP contribution in [0.15, 0.2) is 59.5 Å². The first-order valence-corrected chi connectivity index (χ1v) is 14.0. The fraction of sp³-hybridized carbons (Fsp3) is 0.519. The standard InChI is InChI=1S/C27H36N2O3S/c1-20(2)21-12-14-23(15-13-21)27(30)29-17-16-28(19-26(29)22-8-5-4-6-9-22)24-10-7-11-25(18-24)33(3,31)32/h4-11,18,20-21,23,26H,12-17,19H2,1-3H3/t21?,23?,26-/m1/s1. The number of sulfone groups is 1. The molecule has 1 heterocycles. The van der Waals surface area contributed by atoms with Gasteiger partial charge in [-0.05, 0) is 61.3 Å². The van der Waals surface area contributed by atoms with E-state index in [2.05, 4.69) is 35.8 Å². The lowest BCUT2D eigenvalue weighted by Gasteiger charge is -2.44. The Morgan fingerprint density at radius 1 is 0.939 bits per heavy atom. The number of hydrogen-bond donors (Lipinski definition) is 0. The largest absolute Gasteiger partial charge is 0.367 e. The molecule has 1 aliphatic carbocycles. The molecule has 2 aromatic carbocycles. The number of benzene rings is 2. The summed E-state index contributed by atoms with van der Waals surface area (Å²) in [6.45, 7) is 6.58. The first kappa shape index (κ1) is 23.8. The van der Waals surface area contributed by atoms with Gasteiger partial charge in [0.1, 0.15) is 0 Å². The number of hydrogen-bond acceptors (Lipinski definition) is 4. The highest BCUT2D eigenvalue weighted by atomic mass is 32.2. The van der Waals surface area contributed by atoms with Crippen LogP contribution in [0.4, 0.5) is 5.69 Å². The third kappa shape index (κ3) is 5.43. The molecule has 1 saturated heterocycles. The van der Waals surface area contributed by atoms with Crippen molar-refractivity contribution in [3.63, 3.8) is 0 Å². The molecular weight excluding hydrogens is 432 g/mol. The van der Waals surface area contributed by atoms with Crippen LogP contribution < -0.4 is 4.90 Å². The number of anilines is 1. The maximum atomic E-state index is 13.7. The summed E-state index contributed by atoms with van der Waals surface area (Å²) in [6.07, 6.45) is 5.49. The van der Waals surface area contributed by atoms with Crippen LogP contribution in [-0.2, 0) is 14.6 Å². The Bertz CT molecular complexity index is 1060. The zero-order valence-electron chi connectivity index (χ0n) is 20.0. The van der Waals surface area contributed by atoms with E-state index in [0.29, 0.717) is 30.4 Å². The molecule has 0 radical (unpaired) electrons.